The van der Waals surface area contributed by atoms with Crippen molar-refractivity contribution in [3.63, 3.8) is 0 Å². The molecule has 2 aliphatic heterocycles. The summed E-state index contributed by atoms with van der Waals surface area (Å²) in [5.41, 5.74) is 2.13. The van der Waals surface area contributed by atoms with Crippen LogP contribution in [0.2, 0.25) is 0 Å². The fourth-order valence-corrected chi connectivity index (χ4v) is 5.30. The second kappa shape index (κ2) is 11.2. The Hall–Kier alpha value is -2.34. The topological polar surface area (TPSA) is 68.4 Å². The van der Waals surface area contributed by atoms with Crippen LogP contribution in [-0.2, 0) is 16.0 Å². The Morgan fingerprint density at radius 3 is 2.42 bits per heavy atom. The molecule has 2 fully saturated rings. The summed E-state index contributed by atoms with van der Waals surface area (Å²) in [7, 11) is 0. The summed E-state index contributed by atoms with van der Waals surface area (Å²) >= 11 is 0. The van der Waals surface area contributed by atoms with E-state index in [1.807, 2.05) is 43.1 Å². The van der Waals surface area contributed by atoms with E-state index in [4.69, 9.17) is 0 Å². The summed E-state index contributed by atoms with van der Waals surface area (Å²) in [6.07, 6.45) is 9.97. The highest BCUT2D eigenvalue weighted by Crippen LogP contribution is 2.23. The molecule has 0 spiro atoms. The molecule has 2 aromatic rings. The molecule has 33 heavy (non-hydrogen) atoms. The third kappa shape index (κ3) is 6.17. The molecule has 3 heterocycles. The van der Waals surface area contributed by atoms with Gasteiger partial charge in [-0.15, -0.1) is 0 Å². The Morgan fingerprint density at radius 2 is 1.73 bits per heavy atom. The van der Waals surface area contributed by atoms with Gasteiger partial charge in [0.15, 0.2) is 0 Å². The predicted octanol–water partition coefficient (Wildman–Crippen LogP) is 3.97. The molecule has 180 valence electrons. The van der Waals surface area contributed by atoms with E-state index in [1.54, 1.807) is 0 Å². The molecular weight excluding hydrogens is 412 g/mol. The van der Waals surface area contributed by atoms with Gasteiger partial charge in [0.1, 0.15) is 6.04 Å². The highest BCUT2D eigenvalue weighted by atomic mass is 16.2. The number of aromatic nitrogens is 1. The summed E-state index contributed by atoms with van der Waals surface area (Å²) in [5.74, 6) is 0.513. The first-order valence-electron chi connectivity index (χ1n) is 12.9. The molecule has 0 radical (unpaired) electrons. The van der Waals surface area contributed by atoms with E-state index >= 15 is 0 Å². The Kier molecular flexibility index (Phi) is 8.07. The van der Waals surface area contributed by atoms with Gasteiger partial charge < -0.3 is 20.1 Å². The van der Waals surface area contributed by atoms with Crippen molar-refractivity contribution < 1.29 is 9.59 Å². The third-order valence-corrected chi connectivity index (χ3v) is 7.38. The average molecular weight is 453 g/mol. The van der Waals surface area contributed by atoms with Crippen LogP contribution >= 0.6 is 0 Å². The smallest absolute Gasteiger partial charge is 0.245 e. The summed E-state index contributed by atoms with van der Waals surface area (Å²) in [4.78, 5) is 34.0. The van der Waals surface area contributed by atoms with Crippen LogP contribution in [-0.4, -0.2) is 65.4 Å². The van der Waals surface area contributed by atoms with Crippen molar-refractivity contribution in [1.29, 1.82) is 0 Å². The van der Waals surface area contributed by atoms with Crippen LogP contribution in [0, 0.1) is 11.8 Å². The number of nitrogens with one attached hydrogen (secondary N) is 2. The molecule has 2 amide bonds. The monoisotopic (exact) mass is 452 g/mol. The number of fused-ring (bicyclic) bond motifs is 1. The number of carbonyl (C=O) groups is 2. The van der Waals surface area contributed by atoms with Gasteiger partial charge in [0.25, 0.3) is 0 Å². The second-order valence-electron chi connectivity index (χ2n) is 10.3. The first-order chi connectivity index (χ1) is 16.0. The van der Waals surface area contributed by atoms with Crippen molar-refractivity contribution in [2.24, 2.45) is 11.8 Å². The lowest BCUT2D eigenvalue weighted by atomic mass is 9.94. The maximum atomic E-state index is 13.6. The highest BCUT2D eigenvalue weighted by Gasteiger charge is 2.31. The number of aromatic amines is 1. The number of rotatable bonds is 7. The number of amides is 2. The van der Waals surface area contributed by atoms with E-state index in [0.29, 0.717) is 12.3 Å². The number of carbonyl (C=O) groups excluding carboxylic acids is 2. The van der Waals surface area contributed by atoms with Gasteiger partial charge in [0, 0.05) is 49.1 Å². The largest absolute Gasteiger partial charge is 0.361 e. The summed E-state index contributed by atoms with van der Waals surface area (Å²) in [6, 6.07) is 7.60. The Bertz CT molecular complexity index is 921. The molecule has 0 aliphatic carbocycles. The SMILES string of the molecule is CC(C)C(=O)NC(Cc1c[nH]c2ccccc12)C(=O)N1CCC(CN2CCCCCC2)CC1. The van der Waals surface area contributed by atoms with Gasteiger partial charge >= 0.3 is 0 Å². The molecule has 2 aliphatic rings. The quantitative estimate of drug-likeness (QED) is 0.668. The molecule has 6 heteroatoms. The van der Waals surface area contributed by atoms with Crippen LogP contribution < -0.4 is 5.32 Å². The van der Waals surface area contributed by atoms with E-state index in [-0.39, 0.29) is 17.7 Å². The lowest BCUT2D eigenvalue weighted by Gasteiger charge is -2.36. The first kappa shape index (κ1) is 23.8. The van der Waals surface area contributed by atoms with E-state index in [0.717, 1.165) is 42.4 Å². The first-order valence-corrected chi connectivity index (χ1v) is 12.9. The van der Waals surface area contributed by atoms with Gasteiger partial charge in [-0.05, 0) is 56.3 Å². The van der Waals surface area contributed by atoms with Crippen LogP contribution in [0.4, 0.5) is 0 Å². The second-order valence-corrected chi connectivity index (χ2v) is 10.3. The minimum Gasteiger partial charge on any atom is -0.361 e. The van der Waals surface area contributed by atoms with E-state index < -0.39 is 6.04 Å². The Morgan fingerprint density at radius 1 is 1.03 bits per heavy atom. The van der Waals surface area contributed by atoms with Crippen molar-refractivity contribution in [2.75, 3.05) is 32.7 Å². The maximum absolute atomic E-state index is 13.6. The standard InChI is InChI=1S/C27H40N4O2/c1-20(2)26(32)29-25(17-22-18-28-24-10-6-5-9-23(22)24)27(33)31-15-11-21(12-16-31)19-30-13-7-3-4-8-14-30/h5-6,9-10,18,20-21,25,28H,3-4,7-8,11-17,19H2,1-2H3,(H,29,32). The summed E-state index contributed by atoms with van der Waals surface area (Å²) < 4.78 is 0. The highest BCUT2D eigenvalue weighted by molar-refractivity contribution is 5.90. The minimum atomic E-state index is -0.527. The summed E-state index contributed by atoms with van der Waals surface area (Å²) in [5, 5.41) is 4.16. The Balaban J connectivity index is 1.39. The molecule has 0 bridgehead atoms. The van der Waals surface area contributed by atoms with Gasteiger partial charge in [-0.3, -0.25) is 9.59 Å². The van der Waals surface area contributed by atoms with Crippen molar-refractivity contribution in [3.8, 4) is 0 Å². The van der Waals surface area contributed by atoms with Crippen molar-refractivity contribution in [1.82, 2.24) is 20.1 Å². The molecular formula is C27H40N4O2. The van der Waals surface area contributed by atoms with Gasteiger partial charge in [-0.25, -0.2) is 0 Å². The normalized spacial score (nSPS) is 19.5. The van der Waals surface area contributed by atoms with Gasteiger partial charge in [0.2, 0.25) is 11.8 Å². The van der Waals surface area contributed by atoms with Crippen LogP contribution in [0.3, 0.4) is 0 Å². The van der Waals surface area contributed by atoms with Gasteiger partial charge in [-0.1, -0.05) is 44.9 Å². The number of hydrogen-bond acceptors (Lipinski definition) is 3. The molecule has 6 nitrogen and oxygen atoms in total. The molecule has 1 aromatic heterocycles. The molecule has 4 rings (SSSR count). The molecule has 1 atom stereocenters. The molecule has 0 saturated carbocycles. The van der Waals surface area contributed by atoms with Crippen LogP contribution in [0.25, 0.3) is 10.9 Å². The fraction of sp³-hybridized carbons (Fsp3) is 0.630. The average Bonchev–Trinajstić information content (AvgIpc) is 3.05. The van der Waals surface area contributed by atoms with Gasteiger partial charge in [0.05, 0.1) is 0 Å². The number of piperidine rings is 1. The number of benzene rings is 1. The number of nitrogens with zero attached hydrogens (tertiary/aromatic N) is 2. The van der Waals surface area contributed by atoms with Crippen LogP contribution in [0.5, 0.6) is 0 Å². The predicted molar refractivity (Wildman–Crippen MR) is 133 cm³/mol. The van der Waals surface area contributed by atoms with E-state index in [2.05, 4.69) is 21.3 Å². The minimum absolute atomic E-state index is 0.0579. The third-order valence-electron chi connectivity index (χ3n) is 7.38. The number of para-hydroxylation sites is 1. The lowest BCUT2D eigenvalue weighted by molar-refractivity contribution is -0.138. The molecule has 1 aromatic carbocycles. The summed E-state index contributed by atoms with van der Waals surface area (Å²) in [6.45, 7) is 8.96. The lowest BCUT2D eigenvalue weighted by Crippen LogP contribution is -2.52. The van der Waals surface area contributed by atoms with Crippen molar-refractivity contribution >= 4 is 22.7 Å². The zero-order chi connectivity index (χ0) is 23.2. The molecule has 2 N–H and O–H groups in total. The van der Waals surface area contributed by atoms with Crippen molar-refractivity contribution in [3.05, 3.63) is 36.0 Å². The zero-order valence-electron chi connectivity index (χ0n) is 20.3. The number of hydrogen-bond donors (Lipinski definition) is 2. The molecule has 2 saturated heterocycles. The Labute approximate surface area is 198 Å². The number of likely N-dealkylation sites (tertiary alicyclic amines) is 2. The number of H-pyrrole nitrogens is 1. The van der Waals surface area contributed by atoms with Crippen LogP contribution in [0.15, 0.2) is 30.5 Å². The molecule has 1 unspecified atom stereocenters. The maximum Gasteiger partial charge on any atom is 0.245 e. The zero-order valence-corrected chi connectivity index (χ0v) is 20.3. The van der Waals surface area contributed by atoms with Crippen molar-refractivity contribution in [2.45, 2.75) is 64.8 Å². The van der Waals surface area contributed by atoms with E-state index in [9.17, 15) is 9.59 Å². The van der Waals surface area contributed by atoms with Gasteiger partial charge in [-0.2, -0.15) is 0 Å². The fourth-order valence-electron chi connectivity index (χ4n) is 5.30. The van der Waals surface area contributed by atoms with E-state index in [1.165, 1.54) is 45.3 Å². The van der Waals surface area contributed by atoms with Crippen LogP contribution in [0.1, 0.15) is 57.9 Å².